The molecule has 0 saturated heterocycles. The zero-order valence-corrected chi connectivity index (χ0v) is 14.0. The first kappa shape index (κ1) is 15.5. The molecule has 2 aromatic heterocycles. The summed E-state index contributed by atoms with van der Waals surface area (Å²) in [6.07, 6.45) is 5.82. The molecule has 1 amide bonds. The summed E-state index contributed by atoms with van der Waals surface area (Å²) in [6.45, 7) is 2.07. The van der Waals surface area contributed by atoms with Crippen molar-refractivity contribution in [2.75, 3.05) is 11.6 Å². The first-order chi connectivity index (χ1) is 11.1. The van der Waals surface area contributed by atoms with Crippen LogP contribution in [-0.2, 0) is 13.5 Å². The Morgan fingerprint density at radius 2 is 2.04 bits per heavy atom. The van der Waals surface area contributed by atoms with Crippen LogP contribution in [0.25, 0.3) is 11.0 Å². The van der Waals surface area contributed by atoms with E-state index in [4.69, 9.17) is 0 Å². The number of amides is 1. The molecule has 2 heterocycles. The first-order valence-electron chi connectivity index (χ1n) is 7.25. The Morgan fingerprint density at radius 3 is 2.70 bits per heavy atom. The number of fused-ring (bicyclic) bond motifs is 1. The van der Waals surface area contributed by atoms with Crippen LogP contribution in [-0.4, -0.2) is 31.7 Å². The molecular weight excluding hydrogens is 310 g/mol. The number of nitrogens with one attached hydrogen (secondary N) is 1. The Morgan fingerprint density at radius 1 is 1.30 bits per heavy atom. The summed E-state index contributed by atoms with van der Waals surface area (Å²) in [5.74, 6) is 0.785. The lowest BCUT2D eigenvalue weighted by molar-refractivity contribution is 0.102. The third-order valence-corrected chi connectivity index (χ3v) is 4.20. The van der Waals surface area contributed by atoms with E-state index >= 15 is 0 Å². The third-order valence-electron chi connectivity index (χ3n) is 3.62. The van der Waals surface area contributed by atoms with E-state index < -0.39 is 0 Å². The van der Waals surface area contributed by atoms with E-state index in [0.717, 1.165) is 23.3 Å². The van der Waals surface area contributed by atoms with E-state index in [0.29, 0.717) is 16.4 Å². The van der Waals surface area contributed by atoms with Crippen LogP contribution in [0, 0.1) is 0 Å². The molecule has 0 aliphatic heterocycles. The summed E-state index contributed by atoms with van der Waals surface area (Å²) < 4.78 is 2.07. The highest BCUT2D eigenvalue weighted by molar-refractivity contribution is 7.98. The van der Waals surface area contributed by atoms with Gasteiger partial charge in [-0.1, -0.05) is 18.7 Å². The summed E-state index contributed by atoms with van der Waals surface area (Å²) in [4.78, 5) is 25.1. The Hall–Kier alpha value is -2.41. The fourth-order valence-electron chi connectivity index (χ4n) is 2.39. The van der Waals surface area contributed by atoms with Crippen LogP contribution >= 0.6 is 11.8 Å². The van der Waals surface area contributed by atoms with E-state index in [1.54, 1.807) is 0 Å². The number of carbonyl (C=O) groups is 1. The van der Waals surface area contributed by atoms with E-state index in [9.17, 15) is 4.79 Å². The largest absolute Gasteiger partial charge is 0.331 e. The number of thioether (sulfide) groups is 1. The van der Waals surface area contributed by atoms with Crippen molar-refractivity contribution in [1.29, 1.82) is 0 Å². The van der Waals surface area contributed by atoms with Gasteiger partial charge in [0.1, 0.15) is 5.82 Å². The number of hydrogen-bond acceptors (Lipinski definition) is 5. The van der Waals surface area contributed by atoms with Gasteiger partial charge in [0.15, 0.2) is 5.16 Å². The molecule has 0 spiro atoms. The molecule has 0 unspecified atom stereocenters. The van der Waals surface area contributed by atoms with Crippen LogP contribution in [0.3, 0.4) is 0 Å². The van der Waals surface area contributed by atoms with Crippen molar-refractivity contribution in [3.63, 3.8) is 0 Å². The van der Waals surface area contributed by atoms with Crippen LogP contribution in [0.5, 0.6) is 0 Å². The van der Waals surface area contributed by atoms with Crippen LogP contribution < -0.4 is 5.32 Å². The van der Waals surface area contributed by atoms with Gasteiger partial charge < -0.3 is 9.88 Å². The zero-order chi connectivity index (χ0) is 16.4. The Labute approximate surface area is 138 Å². The zero-order valence-electron chi connectivity index (χ0n) is 13.2. The average molecular weight is 327 g/mol. The van der Waals surface area contributed by atoms with Gasteiger partial charge in [0.25, 0.3) is 5.91 Å². The number of imidazole rings is 1. The molecule has 23 heavy (non-hydrogen) atoms. The quantitative estimate of drug-likeness (QED) is 0.589. The second kappa shape index (κ2) is 6.37. The van der Waals surface area contributed by atoms with Crippen molar-refractivity contribution in [2.24, 2.45) is 7.05 Å². The summed E-state index contributed by atoms with van der Waals surface area (Å²) in [5, 5.41) is 3.50. The second-order valence-electron chi connectivity index (χ2n) is 5.06. The number of aromatic nitrogens is 4. The average Bonchev–Trinajstić information content (AvgIpc) is 2.90. The first-order valence-corrected chi connectivity index (χ1v) is 8.47. The van der Waals surface area contributed by atoms with Crippen molar-refractivity contribution >= 4 is 34.4 Å². The minimum atomic E-state index is -0.233. The summed E-state index contributed by atoms with van der Waals surface area (Å²) in [5.41, 5.74) is 3.05. The maximum atomic E-state index is 12.3. The fourth-order valence-corrected chi connectivity index (χ4v) is 2.70. The van der Waals surface area contributed by atoms with Crippen molar-refractivity contribution in [3.05, 3.63) is 42.0 Å². The van der Waals surface area contributed by atoms with Gasteiger partial charge in [0.2, 0.25) is 0 Å². The van der Waals surface area contributed by atoms with Crippen LogP contribution in [0.4, 0.5) is 5.69 Å². The number of carbonyl (C=O) groups excluding carboxylic acids is 1. The molecule has 3 aromatic rings. The fraction of sp³-hybridized carbons (Fsp3) is 0.250. The molecule has 118 valence electrons. The number of rotatable bonds is 4. The van der Waals surface area contributed by atoms with Crippen molar-refractivity contribution in [2.45, 2.75) is 18.5 Å². The Balaban J connectivity index is 1.84. The summed E-state index contributed by atoms with van der Waals surface area (Å²) in [7, 11) is 2.00. The number of anilines is 1. The maximum absolute atomic E-state index is 12.3. The van der Waals surface area contributed by atoms with Crippen molar-refractivity contribution in [1.82, 2.24) is 19.5 Å². The van der Waals surface area contributed by atoms with Crippen molar-refractivity contribution in [3.8, 4) is 0 Å². The maximum Gasteiger partial charge on any atom is 0.258 e. The number of nitrogens with zero attached hydrogens (tertiary/aromatic N) is 4. The molecule has 0 aliphatic carbocycles. The highest BCUT2D eigenvalue weighted by Crippen LogP contribution is 2.20. The topological polar surface area (TPSA) is 72.7 Å². The van der Waals surface area contributed by atoms with E-state index in [-0.39, 0.29) is 5.91 Å². The van der Waals surface area contributed by atoms with Gasteiger partial charge in [-0.05, 0) is 24.5 Å². The van der Waals surface area contributed by atoms with Gasteiger partial charge in [-0.2, -0.15) is 0 Å². The summed E-state index contributed by atoms with van der Waals surface area (Å²) in [6, 6.07) is 5.71. The smallest absolute Gasteiger partial charge is 0.258 e. The molecule has 0 fully saturated rings. The molecule has 0 radical (unpaired) electrons. The van der Waals surface area contributed by atoms with Gasteiger partial charge in [-0.3, -0.25) is 4.79 Å². The predicted octanol–water partition coefficient (Wildman–Crippen LogP) is 2.90. The van der Waals surface area contributed by atoms with Gasteiger partial charge in [0, 0.05) is 31.5 Å². The molecule has 0 aliphatic rings. The van der Waals surface area contributed by atoms with Crippen molar-refractivity contribution < 1.29 is 4.79 Å². The lowest BCUT2D eigenvalue weighted by atomic mass is 10.2. The molecule has 1 aromatic carbocycles. The predicted molar refractivity (Wildman–Crippen MR) is 91.9 cm³/mol. The highest BCUT2D eigenvalue weighted by Gasteiger charge is 2.10. The molecule has 1 N–H and O–H groups in total. The SMILES string of the molecule is CCc1nc2cc(NC(=O)c3cnc(SC)nc3)ccc2n1C. The Kier molecular flexibility index (Phi) is 4.29. The minimum Gasteiger partial charge on any atom is -0.331 e. The molecule has 7 heteroatoms. The third kappa shape index (κ3) is 3.05. The van der Waals surface area contributed by atoms with Crippen LogP contribution in [0.1, 0.15) is 23.1 Å². The van der Waals surface area contributed by atoms with Gasteiger partial charge in [0.05, 0.1) is 16.6 Å². The van der Waals surface area contributed by atoms with E-state index in [2.05, 4.69) is 31.8 Å². The monoisotopic (exact) mass is 327 g/mol. The van der Waals surface area contributed by atoms with Gasteiger partial charge >= 0.3 is 0 Å². The van der Waals surface area contributed by atoms with E-state index in [1.807, 2.05) is 31.5 Å². The summed E-state index contributed by atoms with van der Waals surface area (Å²) >= 11 is 1.44. The molecule has 6 nitrogen and oxygen atoms in total. The number of benzene rings is 1. The van der Waals surface area contributed by atoms with E-state index in [1.165, 1.54) is 24.2 Å². The van der Waals surface area contributed by atoms with Gasteiger partial charge in [-0.25, -0.2) is 15.0 Å². The Bertz CT molecular complexity index is 857. The van der Waals surface area contributed by atoms with Crippen LogP contribution in [0.15, 0.2) is 35.7 Å². The molecule has 0 atom stereocenters. The number of hydrogen-bond donors (Lipinski definition) is 1. The molecule has 0 bridgehead atoms. The molecule has 3 rings (SSSR count). The van der Waals surface area contributed by atoms with Crippen LogP contribution in [0.2, 0.25) is 0 Å². The molecule has 0 saturated carbocycles. The number of aryl methyl sites for hydroxylation is 2. The standard InChI is InChI=1S/C16H17N5OS/c1-4-14-20-12-7-11(5-6-13(12)21(14)2)19-15(22)10-8-17-16(23-3)18-9-10/h5-9H,4H2,1-3H3,(H,19,22). The lowest BCUT2D eigenvalue weighted by Crippen LogP contribution is -2.12. The molecular formula is C16H17N5OS. The minimum absolute atomic E-state index is 0.233. The lowest BCUT2D eigenvalue weighted by Gasteiger charge is -2.05. The van der Waals surface area contributed by atoms with Gasteiger partial charge in [-0.15, -0.1) is 0 Å². The second-order valence-corrected chi connectivity index (χ2v) is 5.83. The normalized spacial score (nSPS) is 10.9. The highest BCUT2D eigenvalue weighted by atomic mass is 32.2.